The number of H-pyrrole nitrogens is 1. The SMILES string of the molecule is N#CCc1ccc(Nc2[nH]nc(NCc3ccc(O)cc3)c2C(N)=O)cc1. The second-order valence-corrected chi connectivity index (χ2v) is 5.86. The monoisotopic (exact) mass is 362 g/mol. The van der Waals surface area contributed by atoms with Crippen LogP contribution in [0.15, 0.2) is 48.5 Å². The number of hydrogen-bond acceptors (Lipinski definition) is 6. The summed E-state index contributed by atoms with van der Waals surface area (Å²) in [5, 5.41) is 31.1. The minimum atomic E-state index is -0.624. The molecule has 1 heterocycles. The number of nitrogens with zero attached hydrogens (tertiary/aromatic N) is 2. The lowest BCUT2D eigenvalue weighted by atomic mass is 10.1. The van der Waals surface area contributed by atoms with Crippen LogP contribution in [0.2, 0.25) is 0 Å². The Morgan fingerprint density at radius 3 is 2.44 bits per heavy atom. The van der Waals surface area contributed by atoms with Crippen LogP contribution in [0.4, 0.5) is 17.3 Å². The minimum absolute atomic E-state index is 0.184. The number of phenols is 1. The van der Waals surface area contributed by atoms with Crippen molar-refractivity contribution in [2.24, 2.45) is 5.73 Å². The normalized spacial score (nSPS) is 10.2. The highest BCUT2D eigenvalue weighted by molar-refractivity contribution is 6.03. The Kier molecular flexibility index (Phi) is 5.23. The van der Waals surface area contributed by atoms with Crippen molar-refractivity contribution in [3.05, 3.63) is 65.2 Å². The average Bonchev–Trinajstić information content (AvgIpc) is 3.06. The van der Waals surface area contributed by atoms with Crippen LogP contribution in [-0.4, -0.2) is 21.2 Å². The third kappa shape index (κ3) is 4.35. The van der Waals surface area contributed by atoms with E-state index in [2.05, 4.69) is 26.9 Å². The van der Waals surface area contributed by atoms with Crippen molar-refractivity contribution in [3.8, 4) is 11.8 Å². The number of aromatic nitrogens is 2. The van der Waals surface area contributed by atoms with E-state index in [1.54, 1.807) is 24.3 Å². The van der Waals surface area contributed by atoms with Gasteiger partial charge in [-0.1, -0.05) is 24.3 Å². The summed E-state index contributed by atoms with van der Waals surface area (Å²) in [7, 11) is 0. The van der Waals surface area contributed by atoms with E-state index in [0.717, 1.165) is 16.8 Å². The van der Waals surface area contributed by atoms with Crippen molar-refractivity contribution in [1.82, 2.24) is 10.2 Å². The molecule has 2 aromatic carbocycles. The van der Waals surface area contributed by atoms with Gasteiger partial charge in [0.2, 0.25) is 0 Å². The standard InChI is InChI=1S/C19H18N6O2/c20-10-9-12-1-5-14(6-2-12)23-19-16(17(21)27)18(24-25-19)22-11-13-3-7-15(26)8-4-13/h1-8,26H,9,11H2,(H2,21,27)(H3,22,23,24,25). The number of nitrogens with one attached hydrogen (secondary N) is 3. The summed E-state index contributed by atoms with van der Waals surface area (Å²) in [6, 6.07) is 16.1. The van der Waals surface area contributed by atoms with E-state index in [9.17, 15) is 9.90 Å². The Bertz CT molecular complexity index is 971. The maximum atomic E-state index is 11.9. The van der Waals surface area contributed by atoms with Crippen molar-refractivity contribution in [2.45, 2.75) is 13.0 Å². The number of carbonyl (C=O) groups excluding carboxylic acids is 1. The first-order chi connectivity index (χ1) is 13.1. The summed E-state index contributed by atoms with van der Waals surface area (Å²) in [6.07, 6.45) is 0.336. The highest BCUT2D eigenvalue weighted by atomic mass is 16.3. The van der Waals surface area contributed by atoms with Gasteiger partial charge in [-0.05, 0) is 35.4 Å². The molecule has 8 heteroatoms. The fourth-order valence-electron chi connectivity index (χ4n) is 2.54. The van der Waals surface area contributed by atoms with Crippen LogP contribution in [0.5, 0.6) is 5.75 Å². The number of phenolic OH excluding ortho intramolecular Hbond substituents is 1. The second kappa shape index (κ2) is 7.93. The lowest BCUT2D eigenvalue weighted by Crippen LogP contribution is -2.15. The topological polar surface area (TPSA) is 140 Å². The van der Waals surface area contributed by atoms with Crippen LogP contribution in [0.25, 0.3) is 0 Å². The molecule has 136 valence electrons. The molecule has 0 saturated heterocycles. The Morgan fingerprint density at radius 2 is 1.81 bits per heavy atom. The molecule has 0 aliphatic rings. The van der Waals surface area contributed by atoms with Crippen LogP contribution < -0.4 is 16.4 Å². The van der Waals surface area contributed by atoms with Gasteiger partial charge in [0.15, 0.2) is 5.82 Å². The first kappa shape index (κ1) is 17.8. The van der Waals surface area contributed by atoms with Crippen molar-refractivity contribution in [2.75, 3.05) is 10.6 Å². The summed E-state index contributed by atoms with van der Waals surface area (Å²) in [5.74, 6) is 0.270. The first-order valence-corrected chi connectivity index (χ1v) is 8.19. The van der Waals surface area contributed by atoms with Gasteiger partial charge in [-0.15, -0.1) is 0 Å². The molecule has 8 nitrogen and oxygen atoms in total. The van der Waals surface area contributed by atoms with Gasteiger partial charge in [-0.2, -0.15) is 10.4 Å². The number of aromatic amines is 1. The molecule has 0 saturated carbocycles. The quantitative estimate of drug-likeness (QED) is 0.438. The maximum Gasteiger partial charge on any atom is 0.256 e. The molecule has 1 aromatic heterocycles. The van der Waals surface area contributed by atoms with Crippen molar-refractivity contribution in [1.29, 1.82) is 5.26 Å². The number of amides is 1. The van der Waals surface area contributed by atoms with Crippen LogP contribution in [0.1, 0.15) is 21.5 Å². The van der Waals surface area contributed by atoms with Crippen LogP contribution >= 0.6 is 0 Å². The molecular formula is C19H18N6O2. The fraction of sp³-hybridized carbons (Fsp3) is 0.105. The first-order valence-electron chi connectivity index (χ1n) is 8.19. The predicted molar refractivity (Wildman–Crippen MR) is 102 cm³/mol. The van der Waals surface area contributed by atoms with Gasteiger partial charge < -0.3 is 21.5 Å². The van der Waals surface area contributed by atoms with E-state index >= 15 is 0 Å². The number of anilines is 3. The molecule has 0 aliphatic heterocycles. The molecule has 0 unspecified atom stereocenters. The molecule has 0 atom stereocenters. The molecule has 1 amide bonds. The smallest absolute Gasteiger partial charge is 0.256 e. The van der Waals surface area contributed by atoms with Crippen molar-refractivity contribution >= 4 is 23.2 Å². The van der Waals surface area contributed by atoms with Gasteiger partial charge in [-0.3, -0.25) is 9.89 Å². The molecular weight excluding hydrogens is 344 g/mol. The zero-order valence-electron chi connectivity index (χ0n) is 14.4. The number of hydrogen-bond donors (Lipinski definition) is 5. The predicted octanol–water partition coefficient (Wildman–Crippen LogP) is 2.64. The lowest BCUT2D eigenvalue weighted by molar-refractivity contribution is 0.100. The molecule has 27 heavy (non-hydrogen) atoms. The Labute approximate surface area is 155 Å². The average molecular weight is 362 g/mol. The number of aromatic hydroxyl groups is 1. The zero-order chi connectivity index (χ0) is 19.2. The van der Waals surface area contributed by atoms with E-state index in [-0.39, 0.29) is 11.3 Å². The fourth-order valence-corrected chi connectivity index (χ4v) is 2.54. The molecule has 0 bridgehead atoms. The van der Waals surface area contributed by atoms with Gasteiger partial charge in [0.25, 0.3) is 5.91 Å². The van der Waals surface area contributed by atoms with Gasteiger partial charge >= 0.3 is 0 Å². The number of benzene rings is 2. The highest BCUT2D eigenvalue weighted by Crippen LogP contribution is 2.25. The molecule has 3 aromatic rings. The second-order valence-electron chi connectivity index (χ2n) is 5.86. The highest BCUT2D eigenvalue weighted by Gasteiger charge is 2.18. The molecule has 0 fully saturated rings. The van der Waals surface area contributed by atoms with Gasteiger partial charge in [0.05, 0.1) is 12.5 Å². The molecule has 0 spiro atoms. The Hall–Kier alpha value is -3.99. The van der Waals surface area contributed by atoms with Gasteiger partial charge in [0, 0.05) is 12.2 Å². The summed E-state index contributed by atoms with van der Waals surface area (Å²) < 4.78 is 0. The number of rotatable bonds is 7. The third-order valence-electron chi connectivity index (χ3n) is 3.92. The molecule has 3 rings (SSSR count). The van der Waals surface area contributed by atoms with E-state index in [4.69, 9.17) is 11.0 Å². The number of nitriles is 1. The van der Waals surface area contributed by atoms with E-state index in [1.165, 1.54) is 0 Å². The van der Waals surface area contributed by atoms with Crippen LogP contribution in [0.3, 0.4) is 0 Å². The summed E-state index contributed by atoms with van der Waals surface area (Å²) in [6.45, 7) is 0.410. The van der Waals surface area contributed by atoms with E-state index < -0.39 is 5.91 Å². The Morgan fingerprint density at radius 1 is 1.15 bits per heavy atom. The molecule has 6 N–H and O–H groups in total. The number of primary amides is 1. The maximum absolute atomic E-state index is 11.9. The summed E-state index contributed by atoms with van der Waals surface area (Å²) in [4.78, 5) is 11.9. The van der Waals surface area contributed by atoms with E-state index in [0.29, 0.717) is 24.6 Å². The number of nitrogens with two attached hydrogens (primary N) is 1. The van der Waals surface area contributed by atoms with Gasteiger partial charge in [-0.25, -0.2) is 0 Å². The zero-order valence-corrected chi connectivity index (χ0v) is 14.4. The van der Waals surface area contributed by atoms with Crippen molar-refractivity contribution in [3.63, 3.8) is 0 Å². The van der Waals surface area contributed by atoms with E-state index in [1.807, 2.05) is 24.3 Å². The molecule has 0 aliphatic carbocycles. The third-order valence-corrected chi connectivity index (χ3v) is 3.92. The number of carbonyl (C=O) groups is 1. The Balaban J connectivity index is 1.75. The molecule has 0 radical (unpaired) electrons. The van der Waals surface area contributed by atoms with Crippen molar-refractivity contribution < 1.29 is 9.90 Å². The minimum Gasteiger partial charge on any atom is -0.508 e. The van der Waals surface area contributed by atoms with Crippen LogP contribution in [0, 0.1) is 11.3 Å². The largest absolute Gasteiger partial charge is 0.508 e. The summed E-state index contributed by atoms with van der Waals surface area (Å²) in [5.41, 5.74) is 8.28. The van der Waals surface area contributed by atoms with Crippen LogP contribution in [-0.2, 0) is 13.0 Å². The lowest BCUT2D eigenvalue weighted by Gasteiger charge is -2.08. The summed E-state index contributed by atoms with van der Waals surface area (Å²) >= 11 is 0. The van der Waals surface area contributed by atoms with Gasteiger partial charge in [0.1, 0.15) is 17.1 Å².